The topological polar surface area (TPSA) is 92.7 Å². The summed E-state index contributed by atoms with van der Waals surface area (Å²) in [5, 5.41) is 1.85. The lowest BCUT2D eigenvalue weighted by Crippen LogP contribution is -2.40. The molecule has 39 heavy (non-hydrogen) atoms. The molecule has 0 fully saturated rings. The highest BCUT2D eigenvalue weighted by atomic mass is 19.4. The Bertz CT molecular complexity index is 1570. The molecule has 0 atom stereocenters. The van der Waals surface area contributed by atoms with Gasteiger partial charge in [-0.1, -0.05) is 16.4 Å². The van der Waals surface area contributed by atoms with E-state index in [1.807, 2.05) is 0 Å². The lowest BCUT2D eigenvalue weighted by molar-refractivity contribution is -0.141. The summed E-state index contributed by atoms with van der Waals surface area (Å²) in [6.07, 6.45) is -2.36. The van der Waals surface area contributed by atoms with Gasteiger partial charge in [0.2, 0.25) is 5.95 Å². The van der Waals surface area contributed by atoms with E-state index >= 15 is 0 Å². The second kappa shape index (κ2) is 10.1. The fraction of sp³-hybridized carbons (Fsp3) is 0.174. The maximum atomic E-state index is 13.0. The molecule has 0 aliphatic carbocycles. The molecule has 0 saturated heterocycles. The van der Waals surface area contributed by atoms with Gasteiger partial charge in [0.05, 0.1) is 47.1 Å². The predicted octanol–water partition coefficient (Wildman–Crippen LogP) is 1.81. The number of aromatic nitrogens is 4. The number of pyridine rings is 2. The SMILES string of the molecule is [B]C([B])([B])Nc1ncc2cc(-c3cc(NC(=O)c4ccnc(C(F)(F)F)c4)ccc3C)c(C([B])([B])[B])nc2n1. The number of hydrogen-bond acceptors (Lipinski definition) is 6. The molecule has 7 nitrogen and oxygen atoms in total. The minimum Gasteiger partial charge on any atom is -0.374 e. The number of halogens is 3. The van der Waals surface area contributed by atoms with Crippen molar-refractivity contribution in [2.45, 2.75) is 23.5 Å². The number of nitrogens with zero attached hydrogens (tertiary/aromatic N) is 4. The summed E-state index contributed by atoms with van der Waals surface area (Å²) in [7, 11) is 34.7. The third-order valence-electron chi connectivity index (χ3n) is 5.41. The number of fused-ring (bicyclic) bond motifs is 1. The maximum Gasteiger partial charge on any atom is 0.433 e. The molecule has 3 heterocycles. The number of carbonyl (C=O) groups is 1. The van der Waals surface area contributed by atoms with Crippen molar-refractivity contribution in [3.8, 4) is 11.1 Å². The van der Waals surface area contributed by atoms with Gasteiger partial charge in [0.15, 0.2) is 5.65 Å². The molecule has 16 heteroatoms. The number of rotatable bonds is 6. The van der Waals surface area contributed by atoms with Crippen LogP contribution in [0.25, 0.3) is 22.2 Å². The van der Waals surface area contributed by atoms with Gasteiger partial charge in [-0.05, 0) is 48.4 Å². The lowest BCUT2D eigenvalue weighted by atomic mass is 9.40. The smallest absolute Gasteiger partial charge is 0.374 e. The van der Waals surface area contributed by atoms with E-state index in [2.05, 4.69) is 30.6 Å². The van der Waals surface area contributed by atoms with Crippen molar-refractivity contribution in [3.05, 3.63) is 71.3 Å². The Labute approximate surface area is 230 Å². The Kier molecular flexibility index (Phi) is 7.35. The van der Waals surface area contributed by atoms with Crippen LogP contribution >= 0.6 is 0 Å². The van der Waals surface area contributed by atoms with Gasteiger partial charge in [-0.2, -0.15) is 18.2 Å². The molecule has 12 radical (unpaired) electrons. The number of aryl methyl sites for hydroxylation is 1. The number of nitrogens with one attached hydrogen (secondary N) is 2. The summed E-state index contributed by atoms with van der Waals surface area (Å²) in [5.74, 6) is -0.784. The molecule has 180 valence electrons. The number of carbonyl (C=O) groups excluding carboxylic acids is 1. The van der Waals surface area contributed by atoms with Crippen molar-refractivity contribution in [2.75, 3.05) is 10.6 Å². The molecule has 4 rings (SSSR count). The summed E-state index contributed by atoms with van der Waals surface area (Å²) < 4.78 is 39.1. The molecule has 0 saturated carbocycles. The van der Waals surface area contributed by atoms with Crippen molar-refractivity contribution in [3.63, 3.8) is 0 Å². The van der Waals surface area contributed by atoms with Crippen molar-refractivity contribution in [1.29, 1.82) is 0 Å². The summed E-state index contributed by atoms with van der Waals surface area (Å²) in [6.45, 7) is 1.78. The predicted molar refractivity (Wildman–Crippen MR) is 147 cm³/mol. The molecule has 0 bridgehead atoms. The van der Waals surface area contributed by atoms with Crippen LogP contribution in [0.5, 0.6) is 0 Å². The van der Waals surface area contributed by atoms with Crippen molar-refractivity contribution < 1.29 is 18.0 Å². The zero-order chi connectivity index (χ0) is 28.8. The second-order valence-corrected chi connectivity index (χ2v) is 8.89. The molecule has 1 amide bonds. The molecule has 0 aliphatic heterocycles. The minimum absolute atomic E-state index is 0.0106. The quantitative estimate of drug-likeness (QED) is 0.384. The Balaban J connectivity index is 1.75. The lowest BCUT2D eigenvalue weighted by Gasteiger charge is -2.25. The van der Waals surface area contributed by atoms with E-state index in [-0.39, 0.29) is 28.5 Å². The fourth-order valence-corrected chi connectivity index (χ4v) is 3.67. The largest absolute Gasteiger partial charge is 0.433 e. The van der Waals surface area contributed by atoms with Crippen LogP contribution in [0.15, 0.2) is 48.8 Å². The average molecular weight is 511 g/mol. The second-order valence-electron chi connectivity index (χ2n) is 8.89. The third-order valence-corrected chi connectivity index (χ3v) is 5.41. The van der Waals surface area contributed by atoms with E-state index < -0.39 is 28.1 Å². The molecule has 4 aromatic rings. The van der Waals surface area contributed by atoms with E-state index in [1.54, 1.807) is 31.2 Å². The molecule has 0 spiro atoms. The van der Waals surface area contributed by atoms with Crippen LogP contribution in [0.1, 0.15) is 27.3 Å². The van der Waals surface area contributed by atoms with Gasteiger partial charge in [0.25, 0.3) is 5.91 Å². The first-order valence-corrected chi connectivity index (χ1v) is 11.2. The van der Waals surface area contributed by atoms with E-state index in [0.717, 1.165) is 11.8 Å². The van der Waals surface area contributed by atoms with E-state index in [0.29, 0.717) is 22.6 Å². The van der Waals surface area contributed by atoms with Crippen LogP contribution in [0.3, 0.4) is 0 Å². The highest BCUT2D eigenvalue weighted by molar-refractivity contribution is 6.60. The Hall–Kier alpha value is -3.69. The fourth-order valence-electron chi connectivity index (χ4n) is 3.67. The van der Waals surface area contributed by atoms with Crippen LogP contribution in [0, 0.1) is 6.92 Å². The monoisotopic (exact) mass is 512 g/mol. The van der Waals surface area contributed by atoms with Gasteiger partial charge in [-0.15, -0.1) is 0 Å². The van der Waals surface area contributed by atoms with Crippen LogP contribution in [-0.4, -0.2) is 78.2 Å². The molecule has 2 N–H and O–H groups in total. The van der Waals surface area contributed by atoms with Gasteiger partial charge in [0, 0.05) is 40.3 Å². The molecule has 3 aromatic heterocycles. The Morgan fingerprint density at radius 3 is 2.26 bits per heavy atom. The average Bonchev–Trinajstić information content (AvgIpc) is 2.82. The summed E-state index contributed by atoms with van der Waals surface area (Å²) in [5.41, 5.74) is 0.720. The van der Waals surface area contributed by atoms with Gasteiger partial charge in [-0.3, -0.25) is 9.78 Å². The van der Waals surface area contributed by atoms with E-state index in [4.69, 9.17) is 47.1 Å². The van der Waals surface area contributed by atoms with Crippen LogP contribution in [-0.2, 0) is 11.3 Å². The summed E-state index contributed by atoms with van der Waals surface area (Å²) in [6, 6.07) is 8.33. The number of alkyl halides is 3. The van der Waals surface area contributed by atoms with Crippen molar-refractivity contribution in [2.24, 2.45) is 0 Å². The Morgan fingerprint density at radius 1 is 0.897 bits per heavy atom. The zero-order valence-electron chi connectivity index (χ0n) is 20.4. The molecule has 0 unspecified atom stereocenters. The van der Waals surface area contributed by atoms with Crippen LogP contribution in [0.4, 0.5) is 24.8 Å². The Morgan fingerprint density at radius 2 is 1.62 bits per heavy atom. The minimum atomic E-state index is -4.70. The first kappa shape index (κ1) is 28.3. The standard InChI is InChI=1S/C23H13B6F3N6O/c1-10-2-3-13(35-19(39)11-4-5-33-16(7-11)22(30,31)32)8-14(10)15-6-12-9-34-20(38-23(27,28)29)37-18(12)36-17(15)21(24,25)26/h2-9H,1H3,(H,35,39)(H,34,36,37,38). The highest BCUT2D eigenvalue weighted by Crippen LogP contribution is 2.34. The maximum absolute atomic E-state index is 13.0. The van der Waals surface area contributed by atoms with Gasteiger partial charge >= 0.3 is 6.18 Å². The zero-order valence-corrected chi connectivity index (χ0v) is 20.4. The number of benzene rings is 1. The number of anilines is 2. The first-order valence-electron chi connectivity index (χ1n) is 11.2. The van der Waals surface area contributed by atoms with E-state index in [1.165, 1.54) is 12.3 Å². The van der Waals surface area contributed by atoms with E-state index in [9.17, 15) is 18.0 Å². The van der Waals surface area contributed by atoms with Crippen molar-refractivity contribution >= 4 is 75.7 Å². The summed E-state index contributed by atoms with van der Waals surface area (Å²) in [4.78, 5) is 28.8. The third kappa shape index (κ3) is 6.66. The van der Waals surface area contributed by atoms with Gasteiger partial charge in [0.1, 0.15) is 5.69 Å². The first-order chi connectivity index (χ1) is 18.0. The number of amides is 1. The van der Waals surface area contributed by atoms with Crippen molar-refractivity contribution in [1.82, 2.24) is 19.9 Å². The van der Waals surface area contributed by atoms with Crippen LogP contribution < -0.4 is 10.6 Å². The summed E-state index contributed by atoms with van der Waals surface area (Å²) >= 11 is 0. The normalized spacial score (nSPS) is 12.3. The molecular weight excluding hydrogens is 498 g/mol. The van der Waals surface area contributed by atoms with Crippen LogP contribution in [0.2, 0.25) is 0 Å². The highest BCUT2D eigenvalue weighted by Gasteiger charge is 2.33. The molecule has 1 aromatic carbocycles. The number of hydrogen-bond donors (Lipinski definition) is 2. The van der Waals surface area contributed by atoms with Gasteiger partial charge < -0.3 is 10.6 Å². The molecule has 0 aliphatic rings. The molecular formula is C23H13B6F3N6O. The van der Waals surface area contributed by atoms with Gasteiger partial charge in [-0.25, -0.2) is 9.97 Å².